The molecule has 2 aromatic carbocycles. The quantitative estimate of drug-likeness (QED) is 0.654. The van der Waals surface area contributed by atoms with Crippen LogP contribution in [0.1, 0.15) is 18.1 Å². The van der Waals surface area contributed by atoms with Crippen LogP contribution in [0.25, 0.3) is 0 Å². The van der Waals surface area contributed by atoms with Gasteiger partial charge in [0, 0.05) is 24.2 Å². The fourth-order valence-corrected chi connectivity index (χ4v) is 2.58. The Bertz CT molecular complexity index is 891. The first kappa shape index (κ1) is 21.7. The van der Waals surface area contributed by atoms with Crippen molar-refractivity contribution in [3.8, 4) is 34.8 Å². The van der Waals surface area contributed by atoms with Gasteiger partial charge in [-0.25, -0.2) is 0 Å². The number of nitriles is 1. The fraction of sp³-hybridized carbons (Fsp3) is 0.333. The maximum atomic E-state index is 12.2. The molecule has 0 unspecified atom stereocenters. The second-order valence-electron chi connectivity index (χ2n) is 5.79. The number of amides is 1. The molecule has 1 N–H and O–H groups in total. The zero-order valence-electron chi connectivity index (χ0n) is 16.9. The van der Waals surface area contributed by atoms with Crippen molar-refractivity contribution in [1.82, 2.24) is 5.32 Å². The maximum absolute atomic E-state index is 12.2. The monoisotopic (exact) mass is 400 g/mol. The summed E-state index contributed by atoms with van der Waals surface area (Å²) in [7, 11) is 4.61. The minimum atomic E-state index is -0.325. The van der Waals surface area contributed by atoms with Crippen LogP contribution in [0, 0.1) is 11.3 Å². The van der Waals surface area contributed by atoms with Crippen LogP contribution in [0.2, 0.25) is 0 Å². The van der Waals surface area contributed by atoms with Crippen LogP contribution in [0.15, 0.2) is 30.3 Å². The molecule has 2 aromatic rings. The number of carbonyl (C=O) groups excluding carboxylic acids is 1. The number of carbonyl (C=O) groups is 1. The summed E-state index contributed by atoms with van der Waals surface area (Å²) in [5.74, 6) is 2.12. The van der Waals surface area contributed by atoms with Crippen molar-refractivity contribution in [2.24, 2.45) is 0 Å². The molecule has 0 aliphatic carbocycles. The molecule has 8 heteroatoms. The van der Waals surface area contributed by atoms with Crippen molar-refractivity contribution in [3.63, 3.8) is 0 Å². The zero-order valence-corrected chi connectivity index (χ0v) is 16.9. The lowest BCUT2D eigenvalue weighted by molar-refractivity contribution is -0.123. The summed E-state index contributed by atoms with van der Waals surface area (Å²) in [5.41, 5.74) is 1.18. The number of ether oxygens (including phenoxy) is 5. The van der Waals surface area contributed by atoms with Gasteiger partial charge in [-0.2, -0.15) is 5.26 Å². The van der Waals surface area contributed by atoms with Gasteiger partial charge in [-0.05, 0) is 25.1 Å². The van der Waals surface area contributed by atoms with E-state index in [0.29, 0.717) is 40.9 Å². The molecule has 8 nitrogen and oxygen atoms in total. The summed E-state index contributed by atoms with van der Waals surface area (Å²) >= 11 is 0. The van der Waals surface area contributed by atoms with Gasteiger partial charge in [0.2, 0.25) is 0 Å². The smallest absolute Gasteiger partial charge is 0.258 e. The molecule has 0 radical (unpaired) electrons. The molecule has 0 aliphatic rings. The topological polar surface area (TPSA) is 99.0 Å². The van der Waals surface area contributed by atoms with Crippen molar-refractivity contribution in [2.45, 2.75) is 13.5 Å². The predicted octanol–water partition coefficient (Wildman–Crippen LogP) is 2.68. The number of hydrogen-bond acceptors (Lipinski definition) is 7. The Morgan fingerprint density at radius 3 is 2.24 bits per heavy atom. The van der Waals surface area contributed by atoms with Crippen LogP contribution in [-0.2, 0) is 11.3 Å². The lowest BCUT2D eigenvalue weighted by Crippen LogP contribution is -2.28. The summed E-state index contributed by atoms with van der Waals surface area (Å²) in [5, 5.41) is 11.8. The van der Waals surface area contributed by atoms with Gasteiger partial charge < -0.3 is 29.0 Å². The van der Waals surface area contributed by atoms with Crippen LogP contribution in [0.5, 0.6) is 28.7 Å². The number of nitrogens with zero attached hydrogens (tertiary/aromatic N) is 1. The van der Waals surface area contributed by atoms with E-state index in [2.05, 4.69) is 5.32 Å². The number of hydrogen-bond donors (Lipinski definition) is 1. The van der Waals surface area contributed by atoms with Crippen LogP contribution >= 0.6 is 0 Å². The van der Waals surface area contributed by atoms with Crippen molar-refractivity contribution in [3.05, 3.63) is 41.5 Å². The van der Waals surface area contributed by atoms with E-state index in [1.807, 2.05) is 13.0 Å². The average Bonchev–Trinajstić information content (AvgIpc) is 2.76. The third kappa shape index (κ3) is 5.69. The van der Waals surface area contributed by atoms with Crippen molar-refractivity contribution in [2.75, 3.05) is 34.5 Å². The SMILES string of the molecule is CCOc1cc(C#N)ccc1OCC(=O)NCc1cc(OC)c(OC)cc1OC. The first-order valence-electron chi connectivity index (χ1n) is 8.91. The highest BCUT2D eigenvalue weighted by Crippen LogP contribution is 2.34. The largest absolute Gasteiger partial charge is 0.496 e. The minimum absolute atomic E-state index is 0.207. The van der Waals surface area contributed by atoms with E-state index in [1.54, 1.807) is 30.3 Å². The van der Waals surface area contributed by atoms with Gasteiger partial charge in [0.05, 0.1) is 39.6 Å². The van der Waals surface area contributed by atoms with Crippen molar-refractivity contribution in [1.29, 1.82) is 5.26 Å². The van der Waals surface area contributed by atoms with Crippen LogP contribution in [0.4, 0.5) is 0 Å². The molecular formula is C21H24N2O6. The fourth-order valence-electron chi connectivity index (χ4n) is 2.58. The third-order valence-corrected chi connectivity index (χ3v) is 3.99. The zero-order chi connectivity index (χ0) is 21.2. The highest BCUT2D eigenvalue weighted by molar-refractivity contribution is 5.77. The van der Waals surface area contributed by atoms with Gasteiger partial charge in [-0.1, -0.05) is 0 Å². The van der Waals surface area contributed by atoms with E-state index in [0.717, 1.165) is 5.56 Å². The lowest BCUT2D eigenvalue weighted by Gasteiger charge is -2.15. The summed E-state index contributed by atoms with van der Waals surface area (Å²) in [4.78, 5) is 12.2. The molecule has 2 rings (SSSR count). The van der Waals surface area contributed by atoms with Crippen LogP contribution < -0.4 is 29.0 Å². The van der Waals surface area contributed by atoms with E-state index in [1.165, 1.54) is 21.3 Å². The Morgan fingerprint density at radius 2 is 1.62 bits per heavy atom. The van der Waals surface area contributed by atoms with Gasteiger partial charge in [0.15, 0.2) is 29.6 Å². The standard InChI is InChI=1S/C21H24N2O6/c1-5-28-20-8-14(11-22)6-7-16(20)29-13-21(24)23-12-15-9-18(26-3)19(27-4)10-17(15)25-2/h6-10H,5,12-13H2,1-4H3,(H,23,24). The summed E-state index contributed by atoms with van der Waals surface area (Å²) in [6.45, 7) is 2.25. The second-order valence-corrected chi connectivity index (χ2v) is 5.79. The molecule has 0 spiro atoms. The van der Waals surface area contributed by atoms with Crippen LogP contribution in [0.3, 0.4) is 0 Å². The Labute approximate surface area is 169 Å². The number of methoxy groups -OCH3 is 3. The third-order valence-electron chi connectivity index (χ3n) is 3.99. The molecule has 0 saturated heterocycles. The molecule has 154 valence electrons. The second kappa shape index (κ2) is 10.7. The number of benzene rings is 2. The van der Waals surface area contributed by atoms with E-state index in [-0.39, 0.29) is 19.1 Å². The van der Waals surface area contributed by atoms with Gasteiger partial charge in [-0.15, -0.1) is 0 Å². The summed E-state index contributed by atoms with van der Waals surface area (Å²) < 4.78 is 26.9. The number of nitrogens with one attached hydrogen (secondary N) is 1. The molecule has 0 bridgehead atoms. The molecule has 29 heavy (non-hydrogen) atoms. The Balaban J connectivity index is 2.01. The first-order valence-corrected chi connectivity index (χ1v) is 8.91. The highest BCUT2D eigenvalue weighted by Gasteiger charge is 2.14. The Hall–Kier alpha value is -3.60. The predicted molar refractivity (Wildman–Crippen MR) is 106 cm³/mol. The van der Waals surface area contributed by atoms with Gasteiger partial charge in [-0.3, -0.25) is 4.79 Å². The van der Waals surface area contributed by atoms with Gasteiger partial charge in [0.25, 0.3) is 5.91 Å². The van der Waals surface area contributed by atoms with E-state index >= 15 is 0 Å². The average molecular weight is 400 g/mol. The molecule has 0 heterocycles. The highest BCUT2D eigenvalue weighted by atomic mass is 16.5. The van der Waals surface area contributed by atoms with E-state index in [9.17, 15) is 4.79 Å². The summed E-state index contributed by atoms with van der Waals surface area (Å²) in [6.07, 6.45) is 0. The van der Waals surface area contributed by atoms with Crippen molar-refractivity contribution >= 4 is 5.91 Å². The van der Waals surface area contributed by atoms with Crippen molar-refractivity contribution < 1.29 is 28.5 Å². The first-order chi connectivity index (χ1) is 14.1. The van der Waals surface area contributed by atoms with Gasteiger partial charge >= 0.3 is 0 Å². The van der Waals surface area contributed by atoms with E-state index in [4.69, 9.17) is 28.9 Å². The molecule has 0 fully saturated rings. The molecule has 0 saturated carbocycles. The molecule has 1 amide bonds. The van der Waals surface area contributed by atoms with Gasteiger partial charge in [0.1, 0.15) is 5.75 Å². The Morgan fingerprint density at radius 1 is 0.931 bits per heavy atom. The maximum Gasteiger partial charge on any atom is 0.258 e. The van der Waals surface area contributed by atoms with E-state index < -0.39 is 0 Å². The van der Waals surface area contributed by atoms with Crippen LogP contribution in [-0.4, -0.2) is 40.5 Å². The summed E-state index contributed by atoms with van der Waals surface area (Å²) in [6, 6.07) is 10.3. The number of rotatable bonds is 10. The molecule has 0 aromatic heterocycles. The minimum Gasteiger partial charge on any atom is -0.496 e. The Kier molecular flexibility index (Phi) is 7.98. The molecular weight excluding hydrogens is 376 g/mol. The molecule has 0 atom stereocenters. The molecule has 0 aliphatic heterocycles. The normalized spacial score (nSPS) is 9.90. The lowest BCUT2D eigenvalue weighted by atomic mass is 10.1.